The van der Waals surface area contributed by atoms with Crippen LogP contribution in [-0.4, -0.2) is 22.6 Å². The SMILES string of the molecule is CC(C)c1cccc(C(C)C)c1B1c2cc3c(cc2-n2c4ccccc4c4cc(C(C)(C)C)cc1c42)B(c1c(C(C)C)cccc1C(C)C)c1cc(C(C)(C)C)cc2c4ccccc4n-3c12. The molecule has 0 saturated heterocycles. The van der Waals surface area contributed by atoms with E-state index in [0.29, 0.717) is 23.7 Å². The molecule has 0 amide bonds. The first-order valence-corrected chi connectivity index (χ1v) is 25.0. The lowest BCUT2D eigenvalue weighted by Gasteiger charge is -2.36. The Bertz CT molecular complexity index is 3180. The largest absolute Gasteiger partial charge is 0.310 e. The van der Waals surface area contributed by atoms with E-state index in [4.69, 9.17) is 0 Å². The molecule has 2 nitrogen and oxygen atoms in total. The predicted octanol–water partition coefficient (Wildman–Crippen LogP) is 12.6. The molecule has 2 aliphatic heterocycles. The number of para-hydroxylation sites is 2. The van der Waals surface area contributed by atoms with Crippen molar-refractivity contribution in [2.75, 3.05) is 0 Å². The lowest BCUT2D eigenvalue weighted by molar-refractivity contribution is 0.591. The first-order valence-electron chi connectivity index (χ1n) is 25.0. The summed E-state index contributed by atoms with van der Waals surface area (Å²) in [6.07, 6.45) is 0. The highest BCUT2D eigenvalue weighted by molar-refractivity contribution is 7.00. The molecule has 9 aromatic rings. The quantitative estimate of drug-likeness (QED) is 0.147. The third kappa shape index (κ3) is 6.15. The average molecular weight is 861 g/mol. The monoisotopic (exact) mass is 861 g/mol. The van der Waals surface area contributed by atoms with Crippen molar-refractivity contribution in [2.45, 2.75) is 131 Å². The third-order valence-corrected chi connectivity index (χ3v) is 15.6. The summed E-state index contributed by atoms with van der Waals surface area (Å²) in [6.45, 7) is 33.5. The lowest BCUT2D eigenvalue weighted by atomic mass is 9.31. The van der Waals surface area contributed by atoms with Gasteiger partial charge in [-0.1, -0.05) is 193 Å². The van der Waals surface area contributed by atoms with Crippen molar-refractivity contribution in [3.8, 4) is 11.4 Å². The molecular formula is C62H66B2N2. The van der Waals surface area contributed by atoms with Gasteiger partial charge in [-0.15, -0.1) is 0 Å². The van der Waals surface area contributed by atoms with Crippen molar-refractivity contribution >= 4 is 89.8 Å². The summed E-state index contributed by atoms with van der Waals surface area (Å²) in [4.78, 5) is 0. The third-order valence-electron chi connectivity index (χ3n) is 15.6. The Morgan fingerprint density at radius 1 is 0.364 bits per heavy atom. The smallest absolute Gasteiger partial charge is 0.247 e. The summed E-state index contributed by atoms with van der Waals surface area (Å²) in [5.74, 6) is 1.43. The van der Waals surface area contributed by atoms with Gasteiger partial charge in [0, 0.05) is 44.0 Å². The van der Waals surface area contributed by atoms with E-state index >= 15 is 0 Å². The second kappa shape index (κ2) is 14.9. The maximum atomic E-state index is 2.69. The Labute approximate surface area is 394 Å². The number of aromatic nitrogens is 2. The fourth-order valence-electron chi connectivity index (χ4n) is 12.4. The molecule has 0 radical (unpaired) electrons. The molecule has 11 rings (SSSR count). The van der Waals surface area contributed by atoms with Crippen LogP contribution in [0, 0.1) is 0 Å². The van der Waals surface area contributed by atoms with Crippen LogP contribution in [0.2, 0.25) is 0 Å². The second-order valence-corrected chi connectivity index (χ2v) is 23.3. The molecule has 330 valence electrons. The average Bonchev–Trinajstić information content (AvgIpc) is 3.79. The number of hydrogen-bond donors (Lipinski definition) is 0. The summed E-state index contributed by atoms with van der Waals surface area (Å²) in [7, 11) is 0. The van der Waals surface area contributed by atoms with Crippen LogP contribution in [0.3, 0.4) is 0 Å². The number of rotatable bonds is 6. The molecule has 0 bridgehead atoms. The van der Waals surface area contributed by atoms with Crippen molar-refractivity contribution in [1.82, 2.24) is 9.13 Å². The first-order chi connectivity index (χ1) is 31.4. The molecule has 0 aliphatic carbocycles. The highest BCUT2D eigenvalue weighted by Crippen LogP contribution is 2.40. The fourth-order valence-corrected chi connectivity index (χ4v) is 12.4. The van der Waals surface area contributed by atoms with Gasteiger partial charge in [0.2, 0.25) is 13.4 Å². The van der Waals surface area contributed by atoms with E-state index in [-0.39, 0.29) is 24.3 Å². The van der Waals surface area contributed by atoms with Crippen molar-refractivity contribution in [3.63, 3.8) is 0 Å². The van der Waals surface area contributed by atoms with E-state index < -0.39 is 0 Å². The molecular weight excluding hydrogens is 794 g/mol. The minimum atomic E-state index is -0.0382. The van der Waals surface area contributed by atoms with Gasteiger partial charge in [-0.05, 0) is 126 Å². The Morgan fingerprint density at radius 3 is 1.02 bits per heavy atom. The summed E-state index contributed by atoms with van der Waals surface area (Å²) in [5, 5.41) is 5.37. The molecule has 0 atom stereocenters. The van der Waals surface area contributed by atoms with E-state index in [1.165, 1.54) is 121 Å². The number of benzene rings is 7. The van der Waals surface area contributed by atoms with E-state index in [9.17, 15) is 0 Å². The van der Waals surface area contributed by atoms with Crippen LogP contribution >= 0.6 is 0 Å². The van der Waals surface area contributed by atoms with Crippen molar-refractivity contribution in [2.24, 2.45) is 0 Å². The zero-order valence-electron chi connectivity index (χ0n) is 41.9. The Kier molecular flexibility index (Phi) is 9.67. The van der Waals surface area contributed by atoms with Gasteiger partial charge in [0.05, 0.1) is 11.0 Å². The van der Waals surface area contributed by atoms with Gasteiger partial charge in [-0.25, -0.2) is 0 Å². The van der Waals surface area contributed by atoms with E-state index in [0.717, 1.165) is 0 Å². The topological polar surface area (TPSA) is 9.86 Å². The second-order valence-electron chi connectivity index (χ2n) is 23.3. The van der Waals surface area contributed by atoms with Crippen molar-refractivity contribution < 1.29 is 0 Å². The molecule has 4 heterocycles. The Balaban J connectivity index is 1.39. The van der Waals surface area contributed by atoms with Crippen molar-refractivity contribution in [1.29, 1.82) is 0 Å². The Hall–Kier alpha value is -5.73. The molecule has 0 unspecified atom stereocenters. The van der Waals surface area contributed by atoms with Gasteiger partial charge in [0.1, 0.15) is 0 Å². The van der Waals surface area contributed by atoms with Gasteiger partial charge in [0.15, 0.2) is 0 Å². The lowest BCUT2D eigenvalue weighted by Crippen LogP contribution is -2.62. The number of fused-ring (bicyclic) bond motifs is 10. The van der Waals surface area contributed by atoms with Gasteiger partial charge in [-0.2, -0.15) is 0 Å². The minimum absolute atomic E-state index is 0.0255. The molecule has 0 spiro atoms. The minimum Gasteiger partial charge on any atom is -0.310 e. The van der Waals surface area contributed by atoms with Gasteiger partial charge >= 0.3 is 0 Å². The van der Waals surface area contributed by atoms with E-state index in [1.54, 1.807) is 0 Å². The van der Waals surface area contributed by atoms with Crippen LogP contribution in [0.1, 0.15) is 154 Å². The van der Waals surface area contributed by atoms with E-state index in [2.05, 4.69) is 227 Å². The highest BCUT2D eigenvalue weighted by atomic mass is 15.0. The zero-order valence-corrected chi connectivity index (χ0v) is 41.9. The van der Waals surface area contributed by atoms with E-state index in [1.807, 2.05) is 0 Å². The highest BCUT2D eigenvalue weighted by Gasteiger charge is 2.43. The molecule has 2 aromatic heterocycles. The van der Waals surface area contributed by atoms with Crippen molar-refractivity contribution in [3.05, 3.63) is 155 Å². The normalized spacial score (nSPS) is 13.8. The summed E-state index contributed by atoms with van der Waals surface area (Å²) >= 11 is 0. The molecule has 66 heavy (non-hydrogen) atoms. The van der Waals surface area contributed by atoms with Crippen LogP contribution in [0.5, 0.6) is 0 Å². The zero-order chi connectivity index (χ0) is 46.5. The molecule has 7 aromatic carbocycles. The Morgan fingerprint density at radius 2 is 0.697 bits per heavy atom. The summed E-state index contributed by atoms with van der Waals surface area (Å²) in [6, 6.07) is 48.4. The standard InChI is InChI=1S/C62H66B2N2/c1-35(2)41-23-19-24-42(36(3)4)57(41)63-49-33-56-50(34-55(49)65-53-27-17-15-21-45(53)47-29-39(61(9,10)11)31-51(63)59(47)65)64(58-43(37(5)6)25-20-26-44(58)38(7)8)52-32-40(62(12,13)14)30-48-46-22-16-18-28-54(46)66(56)60(48)52/h15-38H,1-14H3. The van der Waals surface area contributed by atoms with Crippen LogP contribution in [0.25, 0.3) is 55.0 Å². The van der Waals surface area contributed by atoms with Crippen LogP contribution in [0.15, 0.2) is 121 Å². The van der Waals surface area contributed by atoms with Crippen LogP contribution in [0.4, 0.5) is 0 Å². The summed E-state index contributed by atoms with van der Waals surface area (Å²) in [5.41, 5.74) is 25.0. The molecule has 2 aliphatic rings. The molecule has 0 saturated carbocycles. The fraction of sp³-hybridized carbons (Fsp3) is 0.323. The predicted molar refractivity (Wildman–Crippen MR) is 291 cm³/mol. The van der Waals surface area contributed by atoms with Gasteiger partial charge in [0.25, 0.3) is 0 Å². The molecule has 0 fully saturated rings. The maximum absolute atomic E-state index is 2.69. The maximum Gasteiger partial charge on any atom is 0.247 e. The number of hydrogen-bond acceptors (Lipinski definition) is 0. The molecule has 0 N–H and O–H groups in total. The van der Waals surface area contributed by atoms with Gasteiger partial charge < -0.3 is 9.13 Å². The van der Waals surface area contributed by atoms with Crippen LogP contribution < -0.4 is 32.8 Å². The van der Waals surface area contributed by atoms with Crippen LogP contribution in [-0.2, 0) is 10.8 Å². The number of nitrogens with zero attached hydrogens (tertiary/aromatic N) is 2. The van der Waals surface area contributed by atoms with Gasteiger partial charge in [-0.3, -0.25) is 0 Å². The summed E-state index contributed by atoms with van der Waals surface area (Å²) < 4.78 is 5.37. The molecule has 4 heteroatoms. The first kappa shape index (κ1) is 42.9.